The van der Waals surface area contributed by atoms with Crippen molar-refractivity contribution < 1.29 is 4.74 Å². The highest BCUT2D eigenvalue weighted by molar-refractivity contribution is 5.76. The lowest BCUT2D eigenvalue weighted by molar-refractivity contribution is 0.354. The molecule has 0 bridgehead atoms. The van der Waals surface area contributed by atoms with E-state index in [-0.39, 0.29) is 0 Å². The van der Waals surface area contributed by atoms with E-state index < -0.39 is 0 Å². The van der Waals surface area contributed by atoms with Gasteiger partial charge in [-0.15, -0.1) is 0 Å². The van der Waals surface area contributed by atoms with Gasteiger partial charge in [-0.05, 0) is 54.0 Å². The van der Waals surface area contributed by atoms with Crippen LogP contribution in [0.2, 0.25) is 0 Å². The molecule has 19 heavy (non-hydrogen) atoms. The predicted octanol–water partition coefficient (Wildman–Crippen LogP) is 4.09. The molecule has 96 valence electrons. The molecule has 0 fully saturated rings. The third-order valence-corrected chi connectivity index (χ3v) is 4.49. The second kappa shape index (κ2) is 4.12. The van der Waals surface area contributed by atoms with Crippen LogP contribution in [0, 0.1) is 6.92 Å². The summed E-state index contributed by atoms with van der Waals surface area (Å²) in [6.07, 6.45) is 4.83. The van der Waals surface area contributed by atoms with E-state index in [2.05, 4.69) is 37.3 Å². The van der Waals surface area contributed by atoms with Crippen molar-refractivity contribution in [2.24, 2.45) is 0 Å². The molecule has 0 spiro atoms. The van der Waals surface area contributed by atoms with Gasteiger partial charge in [0.15, 0.2) is 0 Å². The van der Waals surface area contributed by atoms with Crippen LogP contribution >= 0.6 is 0 Å². The minimum Gasteiger partial charge on any atom is -0.493 e. The lowest BCUT2D eigenvalue weighted by atomic mass is 9.91. The summed E-state index contributed by atoms with van der Waals surface area (Å²) in [6, 6.07) is 11.3. The number of hydrogen-bond donors (Lipinski definition) is 0. The molecule has 0 saturated heterocycles. The van der Waals surface area contributed by atoms with E-state index in [1.54, 1.807) is 11.1 Å². The van der Waals surface area contributed by atoms with Gasteiger partial charge in [0.25, 0.3) is 0 Å². The molecule has 2 aromatic rings. The standard InChI is InChI=1S/C18H18O/c1-12-8-9-16(17-10-11-19-18(12)17)15-7-3-5-13-4-2-6-14(13)15/h3,5,7-9H,2,4,6,10-11H2,1H3. The van der Waals surface area contributed by atoms with Gasteiger partial charge in [0.05, 0.1) is 6.61 Å². The van der Waals surface area contributed by atoms with Crippen molar-refractivity contribution in [2.75, 3.05) is 6.61 Å². The average molecular weight is 250 g/mol. The Hall–Kier alpha value is -1.76. The van der Waals surface area contributed by atoms with Crippen LogP contribution in [0.25, 0.3) is 11.1 Å². The molecule has 1 aliphatic heterocycles. The third-order valence-electron chi connectivity index (χ3n) is 4.49. The summed E-state index contributed by atoms with van der Waals surface area (Å²) in [7, 11) is 0. The zero-order chi connectivity index (χ0) is 12.8. The van der Waals surface area contributed by atoms with Crippen molar-refractivity contribution >= 4 is 0 Å². The zero-order valence-corrected chi connectivity index (χ0v) is 11.3. The minimum absolute atomic E-state index is 0.836. The second-order valence-electron chi connectivity index (χ2n) is 5.63. The fourth-order valence-corrected chi connectivity index (χ4v) is 3.57. The van der Waals surface area contributed by atoms with Crippen molar-refractivity contribution in [3.05, 3.63) is 52.6 Å². The summed E-state index contributed by atoms with van der Waals surface area (Å²) in [5.41, 5.74) is 8.64. The van der Waals surface area contributed by atoms with E-state index in [9.17, 15) is 0 Å². The highest BCUT2D eigenvalue weighted by Gasteiger charge is 2.22. The Morgan fingerprint density at radius 2 is 1.79 bits per heavy atom. The van der Waals surface area contributed by atoms with E-state index in [0.717, 1.165) is 18.8 Å². The number of rotatable bonds is 1. The Morgan fingerprint density at radius 1 is 0.895 bits per heavy atom. The minimum atomic E-state index is 0.836. The molecule has 0 radical (unpaired) electrons. The van der Waals surface area contributed by atoms with Gasteiger partial charge in [-0.2, -0.15) is 0 Å². The molecule has 2 aromatic carbocycles. The molecule has 1 heteroatoms. The first-order valence-electron chi connectivity index (χ1n) is 7.21. The van der Waals surface area contributed by atoms with Crippen LogP contribution in [-0.2, 0) is 19.3 Å². The van der Waals surface area contributed by atoms with Crippen LogP contribution in [0.3, 0.4) is 0 Å². The van der Waals surface area contributed by atoms with Gasteiger partial charge < -0.3 is 4.74 Å². The fourth-order valence-electron chi connectivity index (χ4n) is 3.57. The van der Waals surface area contributed by atoms with Crippen molar-refractivity contribution in [3.63, 3.8) is 0 Å². The van der Waals surface area contributed by atoms with Gasteiger partial charge in [-0.3, -0.25) is 0 Å². The van der Waals surface area contributed by atoms with Gasteiger partial charge in [0, 0.05) is 12.0 Å². The van der Waals surface area contributed by atoms with Crippen molar-refractivity contribution in [2.45, 2.75) is 32.6 Å². The Bertz CT molecular complexity index is 655. The van der Waals surface area contributed by atoms with Crippen LogP contribution in [0.15, 0.2) is 30.3 Å². The summed E-state index contributed by atoms with van der Waals surface area (Å²) >= 11 is 0. The highest BCUT2D eigenvalue weighted by atomic mass is 16.5. The molecule has 0 amide bonds. The lowest BCUT2D eigenvalue weighted by Crippen LogP contribution is -1.93. The van der Waals surface area contributed by atoms with E-state index in [0.29, 0.717) is 0 Å². The third kappa shape index (κ3) is 1.61. The van der Waals surface area contributed by atoms with Crippen molar-refractivity contribution in [3.8, 4) is 16.9 Å². The fraction of sp³-hybridized carbons (Fsp3) is 0.333. The van der Waals surface area contributed by atoms with Gasteiger partial charge in [0.1, 0.15) is 5.75 Å². The molecule has 1 aliphatic carbocycles. The molecule has 0 aromatic heterocycles. The number of ether oxygens (including phenoxy) is 1. The van der Waals surface area contributed by atoms with Crippen LogP contribution in [-0.4, -0.2) is 6.61 Å². The molecule has 0 unspecified atom stereocenters. The second-order valence-corrected chi connectivity index (χ2v) is 5.63. The Kier molecular flexibility index (Phi) is 2.41. The Labute approximate surface area is 114 Å². The van der Waals surface area contributed by atoms with E-state index in [1.807, 2.05) is 0 Å². The molecule has 4 rings (SSSR count). The molecule has 0 atom stereocenters. The monoisotopic (exact) mass is 250 g/mol. The van der Waals surface area contributed by atoms with Gasteiger partial charge in [0.2, 0.25) is 0 Å². The number of hydrogen-bond acceptors (Lipinski definition) is 1. The van der Waals surface area contributed by atoms with Crippen LogP contribution in [0.1, 0.15) is 28.7 Å². The quantitative estimate of drug-likeness (QED) is 0.741. The van der Waals surface area contributed by atoms with Crippen LogP contribution in [0.4, 0.5) is 0 Å². The van der Waals surface area contributed by atoms with E-state index >= 15 is 0 Å². The maximum absolute atomic E-state index is 5.81. The van der Waals surface area contributed by atoms with Gasteiger partial charge >= 0.3 is 0 Å². The summed E-state index contributed by atoms with van der Waals surface area (Å²) in [5, 5.41) is 0. The maximum atomic E-state index is 5.81. The predicted molar refractivity (Wildman–Crippen MR) is 77.8 cm³/mol. The molecule has 1 heterocycles. The van der Waals surface area contributed by atoms with Crippen LogP contribution < -0.4 is 4.74 Å². The molecular weight excluding hydrogens is 232 g/mol. The first-order chi connectivity index (χ1) is 9.34. The van der Waals surface area contributed by atoms with Crippen LogP contribution in [0.5, 0.6) is 5.75 Å². The number of benzene rings is 2. The number of fused-ring (bicyclic) bond motifs is 2. The van der Waals surface area contributed by atoms with Crippen molar-refractivity contribution in [1.29, 1.82) is 0 Å². The normalized spacial score (nSPS) is 16.1. The molecule has 2 aliphatic rings. The summed E-state index contributed by atoms with van der Waals surface area (Å²) in [6.45, 7) is 2.98. The van der Waals surface area contributed by atoms with Crippen molar-refractivity contribution in [1.82, 2.24) is 0 Å². The Balaban J connectivity index is 1.95. The number of aryl methyl sites for hydroxylation is 2. The lowest BCUT2D eigenvalue weighted by Gasteiger charge is -2.13. The first-order valence-corrected chi connectivity index (χ1v) is 7.21. The molecular formula is C18H18O. The smallest absolute Gasteiger partial charge is 0.126 e. The summed E-state index contributed by atoms with van der Waals surface area (Å²) in [4.78, 5) is 0. The molecule has 0 saturated carbocycles. The summed E-state index contributed by atoms with van der Waals surface area (Å²) in [5.74, 6) is 1.13. The Morgan fingerprint density at radius 3 is 2.74 bits per heavy atom. The first kappa shape index (κ1) is 11.1. The zero-order valence-electron chi connectivity index (χ0n) is 11.3. The average Bonchev–Trinajstić information content (AvgIpc) is 3.08. The topological polar surface area (TPSA) is 9.23 Å². The van der Waals surface area contributed by atoms with E-state index in [1.165, 1.54) is 41.5 Å². The van der Waals surface area contributed by atoms with Gasteiger partial charge in [-0.1, -0.05) is 30.3 Å². The SMILES string of the molecule is Cc1ccc(-c2cccc3c2CCC3)c2c1OCC2. The molecule has 1 nitrogen and oxygen atoms in total. The summed E-state index contributed by atoms with van der Waals surface area (Å²) < 4.78 is 5.81. The largest absolute Gasteiger partial charge is 0.493 e. The highest BCUT2D eigenvalue weighted by Crippen LogP contribution is 2.40. The van der Waals surface area contributed by atoms with Gasteiger partial charge in [-0.25, -0.2) is 0 Å². The maximum Gasteiger partial charge on any atom is 0.126 e. The van der Waals surface area contributed by atoms with E-state index in [4.69, 9.17) is 4.74 Å². The molecule has 0 N–H and O–H groups in total.